The summed E-state index contributed by atoms with van der Waals surface area (Å²) in [6, 6.07) is 6.44. The smallest absolute Gasteiger partial charge is 0.316 e. The lowest BCUT2D eigenvalue weighted by Gasteiger charge is -2.53. The maximum absolute atomic E-state index is 6.08. The van der Waals surface area contributed by atoms with Gasteiger partial charge >= 0.3 is 6.01 Å². The molecule has 24 heavy (non-hydrogen) atoms. The summed E-state index contributed by atoms with van der Waals surface area (Å²) in [5, 5.41) is 0. The van der Waals surface area contributed by atoms with E-state index in [-0.39, 0.29) is 11.7 Å². The molecule has 2 saturated heterocycles. The lowest BCUT2D eigenvalue weighted by molar-refractivity contribution is -0.188. The summed E-state index contributed by atoms with van der Waals surface area (Å²) in [5.74, 6) is 0. The van der Waals surface area contributed by atoms with E-state index < -0.39 is 0 Å². The van der Waals surface area contributed by atoms with Gasteiger partial charge in [0.25, 0.3) is 0 Å². The van der Waals surface area contributed by atoms with Gasteiger partial charge in [-0.25, -0.2) is 9.97 Å². The van der Waals surface area contributed by atoms with Crippen LogP contribution in [0.5, 0.6) is 6.01 Å². The van der Waals surface area contributed by atoms with Gasteiger partial charge in [-0.15, -0.1) is 0 Å². The molecular weight excluding hydrogens is 304 g/mol. The number of hydrogen-bond acceptors (Lipinski definition) is 6. The Balaban J connectivity index is 1.33. The van der Waals surface area contributed by atoms with Crippen molar-refractivity contribution in [2.24, 2.45) is 0 Å². The minimum absolute atomic E-state index is 0.0745. The second-order valence-corrected chi connectivity index (χ2v) is 6.75. The van der Waals surface area contributed by atoms with E-state index in [4.69, 9.17) is 9.47 Å². The predicted octanol–water partition coefficient (Wildman–Crippen LogP) is 1.99. The molecule has 6 nitrogen and oxygen atoms in total. The van der Waals surface area contributed by atoms with E-state index in [1.807, 2.05) is 25.3 Å². The standard InChI is InChI=1S/C18H22N4O2/c1-14-4-7-20-17(21-14)24-16-5-8-23-18(9-16)12-22(13-18)11-15-3-2-6-19-10-15/h2-4,6-7,10,16H,5,8-9,11-13H2,1H3/t16-/m1/s1. The minimum Gasteiger partial charge on any atom is -0.460 e. The molecule has 0 bridgehead atoms. The summed E-state index contributed by atoms with van der Waals surface area (Å²) in [6.07, 6.45) is 7.39. The lowest BCUT2D eigenvalue weighted by Crippen LogP contribution is -2.65. The summed E-state index contributed by atoms with van der Waals surface area (Å²) in [6.45, 7) is 5.48. The monoisotopic (exact) mass is 326 g/mol. The van der Waals surface area contributed by atoms with Crippen LogP contribution < -0.4 is 4.74 Å². The Bertz CT molecular complexity index is 688. The van der Waals surface area contributed by atoms with Crippen molar-refractivity contribution in [2.45, 2.75) is 38.0 Å². The zero-order valence-electron chi connectivity index (χ0n) is 13.9. The summed E-state index contributed by atoms with van der Waals surface area (Å²) in [7, 11) is 0. The molecule has 0 unspecified atom stereocenters. The van der Waals surface area contributed by atoms with Gasteiger partial charge in [-0.05, 0) is 24.6 Å². The molecule has 2 aliphatic heterocycles. The third-order valence-corrected chi connectivity index (χ3v) is 4.65. The van der Waals surface area contributed by atoms with E-state index in [0.29, 0.717) is 6.01 Å². The van der Waals surface area contributed by atoms with Crippen molar-refractivity contribution >= 4 is 0 Å². The van der Waals surface area contributed by atoms with E-state index in [1.165, 1.54) is 5.56 Å². The first kappa shape index (κ1) is 15.5. The van der Waals surface area contributed by atoms with Crippen molar-refractivity contribution in [3.05, 3.63) is 48.0 Å². The van der Waals surface area contributed by atoms with Crippen LogP contribution in [0.4, 0.5) is 0 Å². The molecule has 0 saturated carbocycles. The Morgan fingerprint density at radius 3 is 3.04 bits per heavy atom. The molecule has 0 aromatic carbocycles. The van der Waals surface area contributed by atoms with E-state index in [0.717, 1.165) is 44.8 Å². The molecule has 4 rings (SSSR count). The van der Waals surface area contributed by atoms with Crippen LogP contribution in [0.25, 0.3) is 0 Å². The highest BCUT2D eigenvalue weighted by molar-refractivity contribution is 5.11. The second-order valence-electron chi connectivity index (χ2n) is 6.75. The molecule has 2 fully saturated rings. The van der Waals surface area contributed by atoms with Gasteiger partial charge < -0.3 is 9.47 Å². The van der Waals surface area contributed by atoms with Gasteiger partial charge in [0, 0.05) is 56.8 Å². The van der Waals surface area contributed by atoms with Crippen molar-refractivity contribution in [1.82, 2.24) is 19.9 Å². The minimum atomic E-state index is -0.0745. The topological polar surface area (TPSA) is 60.4 Å². The number of ether oxygens (including phenoxy) is 2. The highest BCUT2D eigenvalue weighted by Gasteiger charge is 2.48. The van der Waals surface area contributed by atoms with E-state index in [9.17, 15) is 0 Å². The van der Waals surface area contributed by atoms with Crippen LogP contribution in [-0.4, -0.2) is 51.3 Å². The van der Waals surface area contributed by atoms with Crippen LogP contribution in [0, 0.1) is 6.92 Å². The summed E-state index contributed by atoms with van der Waals surface area (Å²) >= 11 is 0. The van der Waals surface area contributed by atoms with Crippen molar-refractivity contribution in [3.8, 4) is 6.01 Å². The van der Waals surface area contributed by atoms with Crippen molar-refractivity contribution in [2.75, 3.05) is 19.7 Å². The fraction of sp³-hybridized carbons (Fsp3) is 0.500. The van der Waals surface area contributed by atoms with Gasteiger partial charge in [-0.1, -0.05) is 6.07 Å². The van der Waals surface area contributed by atoms with Crippen molar-refractivity contribution in [1.29, 1.82) is 0 Å². The Hall–Kier alpha value is -2.05. The Morgan fingerprint density at radius 1 is 1.33 bits per heavy atom. The third-order valence-electron chi connectivity index (χ3n) is 4.65. The Morgan fingerprint density at radius 2 is 2.25 bits per heavy atom. The number of aryl methyl sites for hydroxylation is 1. The fourth-order valence-corrected chi connectivity index (χ4v) is 3.57. The maximum atomic E-state index is 6.08. The first-order valence-corrected chi connectivity index (χ1v) is 8.42. The van der Waals surface area contributed by atoms with Gasteiger partial charge in [0.15, 0.2) is 0 Å². The van der Waals surface area contributed by atoms with Gasteiger partial charge in [0.05, 0.1) is 12.2 Å². The Kier molecular flexibility index (Phi) is 4.16. The van der Waals surface area contributed by atoms with Crippen LogP contribution in [-0.2, 0) is 11.3 Å². The molecular formula is C18H22N4O2. The molecule has 1 spiro atoms. The van der Waals surface area contributed by atoms with Gasteiger partial charge in [-0.3, -0.25) is 9.88 Å². The SMILES string of the molecule is Cc1ccnc(O[C@@H]2CCOC3(C2)CN(Cc2cccnc2)C3)n1. The molecule has 6 heteroatoms. The van der Waals surface area contributed by atoms with Crippen LogP contribution in [0.2, 0.25) is 0 Å². The fourth-order valence-electron chi connectivity index (χ4n) is 3.57. The molecule has 126 valence electrons. The number of nitrogens with zero attached hydrogens (tertiary/aromatic N) is 4. The summed E-state index contributed by atoms with van der Waals surface area (Å²) < 4.78 is 12.1. The van der Waals surface area contributed by atoms with Crippen molar-refractivity contribution in [3.63, 3.8) is 0 Å². The number of likely N-dealkylation sites (tertiary alicyclic amines) is 1. The van der Waals surface area contributed by atoms with Crippen LogP contribution >= 0.6 is 0 Å². The largest absolute Gasteiger partial charge is 0.460 e. The zero-order valence-corrected chi connectivity index (χ0v) is 13.9. The van der Waals surface area contributed by atoms with Gasteiger partial charge in [-0.2, -0.15) is 0 Å². The highest BCUT2D eigenvalue weighted by Crippen LogP contribution is 2.36. The highest BCUT2D eigenvalue weighted by atomic mass is 16.5. The van der Waals surface area contributed by atoms with Gasteiger partial charge in [0.1, 0.15) is 6.10 Å². The first-order chi connectivity index (χ1) is 11.7. The van der Waals surface area contributed by atoms with E-state index in [1.54, 1.807) is 12.4 Å². The second kappa shape index (κ2) is 6.45. The number of rotatable bonds is 4. The molecule has 0 N–H and O–H groups in total. The number of pyridine rings is 1. The normalized spacial score (nSPS) is 23.0. The number of aromatic nitrogens is 3. The lowest BCUT2D eigenvalue weighted by atomic mass is 9.84. The summed E-state index contributed by atoms with van der Waals surface area (Å²) in [5.41, 5.74) is 2.09. The molecule has 0 amide bonds. The molecule has 2 aromatic heterocycles. The maximum Gasteiger partial charge on any atom is 0.316 e. The molecule has 2 aromatic rings. The average molecular weight is 326 g/mol. The quantitative estimate of drug-likeness (QED) is 0.856. The molecule has 0 aliphatic carbocycles. The molecule has 2 aliphatic rings. The third kappa shape index (κ3) is 3.39. The van der Waals surface area contributed by atoms with Gasteiger partial charge in [0.2, 0.25) is 0 Å². The van der Waals surface area contributed by atoms with Crippen LogP contribution in [0.1, 0.15) is 24.1 Å². The molecule has 4 heterocycles. The van der Waals surface area contributed by atoms with Crippen molar-refractivity contribution < 1.29 is 9.47 Å². The zero-order chi connectivity index (χ0) is 16.4. The average Bonchev–Trinajstić information content (AvgIpc) is 2.55. The number of hydrogen-bond donors (Lipinski definition) is 0. The first-order valence-electron chi connectivity index (χ1n) is 8.42. The van der Waals surface area contributed by atoms with Crippen LogP contribution in [0.3, 0.4) is 0 Å². The van der Waals surface area contributed by atoms with E-state index >= 15 is 0 Å². The van der Waals surface area contributed by atoms with E-state index in [2.05, 4.69) is 25.9 Å². The molecule has 0 radical (unpaired) electrons. The van der Waals surface area contributed by atoms with Crippen LogP contribution in [0.15, 0.2) is 36.8 Å². The summed E-state index contributed by atoms with van der Waals surface area (Å²) in [4.78, 5) is 15.1. The predicted molar refractivity (Wildman–Crippen MR) is 88.6 cm³/mol. The Labute approximate surface area is 141 Å². The molecule has 1 atom stereocenters.